The second-order valence-electron chi connectivity index (χ2n) is 4.96. The molecule has 0 aromatic rings. The number of fused-ring (bicyclic) bond motifs is 1. The van der Waals surface area contributed by atoms with Crippen molar-refractivity contribution in [1.29, 1.82) is 0 Å². The molecular formula is C10H19N3O3S. The lowest BCUT2D eigenvalue weighted by Gasteiger charge is -2.37. The van der Waals surface area contributed by atoms with Gasteiger partial charge in [-0.1, -0.05) is 0 Å². The predicted octanol–water partition coefficient (Wildman–Crippen LogP) is -1.85. The molecule has 2 atom stereocenters. The van der Waals surface area contributed by atoms with E-state index in [-0.39, 0.29) is 29.5 Å². The summed E-state index contributed by atoms with van der Waals surface area (Å²) in [6.07, 6.45) is 0. The minimum atomic E-state index is -2.95. The molecule has 2 aliphatic heterocycles. The zero-order valence-corrected chi connectivity index (χ0v) is 11.0. The van der Waals surface area contributed by atoms with E-state index in [1.165, 1.54) is 0 Å². The minimum Gasteiger partial charge on any atom is -0.348 e. The summed E-state index contributed by atoms with van der Waals surface area (Å²) in [5, 5.41) is 3.22. The average Bonchev–Trinajstić information content (AvgIpc) is 2.53. The molecule has 7 heteroatoms. The Morgan fingerprint density at radius 1 is 1.41 bits per heavy atom. The zero-order chi connectivity index (χ0) is 12.6. The number of nitrogens with one attached hydrogen (secondary N) is 1. The Labute approximate surface area is 102 Å². The summed E-state index contributed by atoms with van der Waals surface area (Å²) < 4.78 is 23.2. The van der Waals surface area contributed by atoms with Gasteiger partial charge >= 0.3 is 0 Å². The molecule has 1 amide bonds. The van der Waals surface area contributed by atoms with Gasteiger partial charge in [0.2, 0.25) is 5.91 Å². The summed E-state index contributed by atoms with van der Waals surface area (Å²) in [7, 11) is 0.484. The van der Waals surface area contributed by atoms with Crippen LogP contribution in [-0.4, -0.2) is 81.4 Å². The molecule has 2 heterocycles. The summed E-state index contributed by atoms with van der Waals surface area (Å²) >= 11 is 0. The highest BCUT2D eigenvalue weighted by molar-refractivity contribution is 7.91. The molecule has 2 aliphatic rings. The number of hydrogen-bond donors (Lipinski definition) is 1. The topological polar surface area (TPSA) is 69.7 Å². The minimum absolute atomic E-state index is 0.0105. The Balaban J connectivity index is 2.06. The van der Waals surface area contributed by atoms with Gasteiger partial charge in [0, 0.05) is 39.3 Å². The Kier molecular flexibility index (Phi) is 3.42. The SMILES string of the molecule is CN(C)C(=O)CN1CCNC2CS(=O)(=O)CC21. The summed E-state index contributed by atoms with van der Waals surface area (Å²) in [4.78, 5) is 15.2. The maximum atomic E-state index is 11.7. The van der Waals surface area contributed by atoms with Crippen LogP contribution >= 0.6 is 0 Å². The fourth-order valence-corrected chi connectivity index (χ4v) is 4.44. The van der Waals surface area contributed by atoms with Crippen molar-refractivity contribution in [1.82, 2.24) is 15.1 Å². The lowest BCUT2D eigenvalue weighted by atomic mass is 10.1. The number of hydrogen-bond acceptors (Lipinski definition) is 5. The monoisotopic (exact) mass is 261 g/mol. The maximum absolute atomic E-state index is 11.7. The van der Waals surface area contributed by atoms with Gasteiger partial charge < -0.3 is 10.2 Å². The van der Waals surface area contributed by atoms with Crippen LogP contribution < -0.4 is 5.32 Å². The van der Waals surface area contributed by atoms with E-state index in [0.29, 0.717) is 6.54 Å². The number of nitrogens with zero attached hydrogens (tertiary/aromatic N) is 2. The molecule has 17 heavy (non-hydrogen) atoms. The van der Waals surface area contributed by atoms with Crippen molar-refractivity contribution in [2.75, 3.05) is 45.2 Å². The molecule has 0 aromatic heterocycles. The Bertz CT molecular complexity index is 407. The summed E-state index contributed by atoms with van der Waals surface area (Å²) in [5.74, 6) is 0.394. The van der Waals surface area contributed by atoms with Gasteiger partial charge in [0.1, 0.15) is 0 Å². The van der Waals surface area contributed by atoms with Crippen molar-refractivity contribution in [3.05, 3.63) is 0 Å². The Morgan fingerprint density at radius 2 is 2.12 bits per heavy atom. The highest BCUT2D eigenvalue weighted by Gasteiger charge is 2.43. The third-order valence-corrected chi connectivity index (χ3v) is 5.15. The van der Waals surface area contributed by atoms with E-state index in [9.17, 15) is 13.2 Å². The van der Waals surface area contributed by atoms with Crippen LogP contribution in [0.3, 0.4) is 0 Å². The van der Waals surface area contributed by atoms with Crippen LogP contribution in [0.4, 0.5) is 0 Å². The fraction of sp³-hybridized carbons (Fsp3) is 0.900. The van der Waals surface area contributed by atoms with Gasteiger partial charge in [-0.15, -0.1) is 0 Å². The summed E-state index contributed by atoms with van der Waals surface area (Å²) in [5.41, 5.74) is 0. The molecular weight excluding hydrogens is 242 g/mol. The summed E-state index contributed by atoms with van der Waals surface area (Å²) in [6, 6.07) is -0.0543. The van der Waals surface area contributed by atoms with Gasteiger partial charge in [-0.2, -0.15) is 0 Å². The molecule has 0 saturated carbocycles. The van der Waals surface area contributed by atoms with Crippen molar-refractivity contribution in [2.24, 2.45) is 0 Å². The molecule has 2 rings (SSSR count). The Morgan fingerprint density at radius 3 is 2.76 bits per heavy atom. The van der Waals surface area contributed by atoms with E-state index < -0.39 is 9.84 Å². The van der Waals surface area contributed by atoms with Crippen LogP contribution in [0.2, 0.25) is 0 Å². The van der Waals surface area contributed by atoms with Crippen LogP contribution in [0.15, 0.2) is 0 Å². The first-order valence-electron chi connectivity index (χ1n) is 5.77. The van der Waals surface area contributed by atoms with Crippen molar-refractivity contribution >= 4 is 15.7 Å². The van der Waals surface area contributed by atoms with Crippen LogP contribution in [0, 0.1) is 0 Å². The van der Waals surface area contributed by atoms with E-state index in [4.69, 9.17) is 0 Å². The van der Waals surface area contributed by atoms with Crippen LogP contribution in [0.1, 0.15) is 0 Å². The van der Waals surface area contributed by atoms with Crippen molar-refractivity contribution in [2.45, 2.75) is 12.1 Å². The van der Waals surface area contributed by atoms with E-state index >= 15 is 0 Å². The first-order valence-corrected chi connectivity index (χ1v) is 7.59. The third-order valence-electron chi connectivity index (χ3n) is 3.43. The van der Waals surface area contributed by atoms with Crippen LogP contribution in [0.5, 0.6) is 0 Å². The standard InChI is InChI=1S/C10H19N3O3S/c1-12(2)10(14)5-13-4-3-11-8-6-17(15,16)7-9(8)13/h8-9,11H,3-7H2,1-2H3. The number of rotatable bonds is 2. The molecule has 98 valence electrons. The molecule has 2 unspecified atom stereocenters. The first-order chi connectivity index (χ1) is 7.89. The van der Waals surface area contributed by atoms with Gasteiger partial charge in [0.15, 0.2) is 9.84 Å². The van der Waals surface area contributed by atoms with Crippen molar-refractivity contribution in [3.63, 3.8) is 0 Å². The van der Waals surface area contributed by atoms with Crippen molar-refractivity contribution in [3.8, 4) is 0 Å². The maximum Gasteiger partial charge on any atom is 0.236 e. The number of likely N-dealkylation sites (N-methyl/N-ethyl adjacent to an activating group) is 1. The van der Waals surface area contributed by atoms with E-state index in [1.54, 1.807) is 19.0 Å². The number of amides is 1. The molecule has 2 saturated heterocycles. The quantitative estimate of drug-likeness (QED) is 0.632. The average molecular weight is 261 g/mol. The number of sulfone groups is 1. The van der Waals surface area contributed by atoms with Gasteiger partial charge in [0.05, 0.1) is 18.1 Å². The lowest BCUT2D eigenvalue weighted by molar-refractivity contribution is -0.130. The lowest BCUT2D eigenvalue weighted by Crippen LogP contribution is -2.59. The second kappa shape index (κ2) is 4.55. The highest BCUT2D eigenvalue weighted by Crippen LogP contribution is 2.20. The zero-order valence-electron chi connectivity index (χ0n) is 10.2. The smallest absolute Gasteiger partial charge is 0.236 e. The largest absolute Gasteiger partial charge is 0.348 e. The molecule has 0 aromatic carbocycles. The van der Waals surface area contributed by atoms with E-state index in [0.717, 1.165) is 13.1 Å². The van der Waals surface area contributed by atoms with E-state index in [2.05, 4.69) is 5.32 Å². The van der Waals surface area contributed by atoms with Gasteiger partial charge in [-0.05, 0) is 0 Å². The Hall–Kier alpha value is -0.660. The highest BCUT2D eigenvalue weighted by atomic mass is 32.2. The fourth-order valence-electron chi connectivity index (χ4n) is 2.45. The number of piperazine rings is 1. The predicted molar refractivity (Wildman–Crippen MR) is 64.5 cm³/mol. The van der Waals surface area contributed by atoms with Gasteiger partial charge in [0.25, 0.3) is 0 Å². The van der Waals surface area contributed by atoms with E-state index in [1.807, 2.05) is 4.90 Å². The van der Waals surface area contributed by atoms with Crippen molar-refractivity contribution < 1.29 is 13.2 Å². The molecule has 0 bridgehead atoms. The van der Waals surface area contributed by atoms with Gasteiger partial charge in [-0.25, -0.2) is 8.42 Å². The summed E-state index contributed by atoms with van der Waals surface area (Å²) in [6.45, 7) is 1.79. The second-order valence-corrected chi connectivity index (χ2v) is 7.12. The van der Waals surface area contributed by atoms with Crippen LogP contribution in [-0.2, 0) is 14.6 Å². The van der Waals surface area contributed by atoms with Crippen LogP contribution in [0.25, 0.3) is 0 Å². The molecule has 6 nitrogen and oxygen atoms in total. The normalized spacial score (nSPS) is 32.1. The number of carbonyl (C=O) groups is 1. The molecule has 0 aliphatic carbocycles. The third kappa shape index (κ3) is 2.78. The van der Waals surface area contributed by atoms with Gasteiger partial charge in [-0.3, -0.25) is 9.69 Å². The molecule has 1 N–H and O–H groups in total. The number of carbonyl (C=O) groups excluding carboxylic acids is 1. The molecule has 2 fully saturated rings. The first kappa shape index (κ1) is 12.8. The molecule has 0 spiro atoms. The molecule has 0 radical (unpaired) electrons.